The molecule has 0 saturated heterocycles. The van der Waals surface area contributed by atoms with Crippen molar-refractivity contribution in [3.05, 3.63) is 95.6 Å². The van der Waals surface area contributed by atoms with Crippen molar-refractivity contribution in [1.82, 2.24) is 5.16 Å². The van der Waals surface area contributed by atoms with Crippen molar-refractivity contribution in [2.24, 2.45) is 0 Å². The van der Waals surface area contributed by atoms with Crippen LogP contribution in [0.15, 0.2) is 94.3 Å². The van der Waals surface area contributed by atoms with E-state index in [4.69, 9.17) is 16.1 Å². The van der Waals surface area contributed by atoms with Crippen LogP contribution in [0.3, 0.4) is 0 Å². The maximum absolute atomic E-state index is 13.1. The van der Waals surface area contributed by atoms with Gasteiger partial charge in [0, 0.05) is 28.9 Å². The number of halogens is 1. The Balaban J connectivity index is 1.48. The van der Waals surface area contributed by atoms with Gasteiger partial charge in [0.1, 0.15) is 0 Å². The molecule has 33 heavy (non-hydrogen) atoms. The van der Waals surface area contributed by atoms with Gasteiger partial charge in [0.15, 0.2) is 11.5 Å². The van der Waals surface area contributed by atoms with Crippen molar-refractivity contribution < 1.29 is 17.7 Å². The molecule has 1 N–H and O–H groups in total. The summed E-state index contributed by atoms with van der Waals surface area (Å²) in [6.07, 6.45) is 0. The average molecular weight is 482 g/mol. The molecule has 9 heteroatoms. The smallest absolute Gasteiger partial charge is 0.277 e. The van der Waals surface area contributed by atoms with Crippen molar-refractivity contribution in [2.45, 2.75) is 11.8 Å². The summed E-state index contributed by atoms with van der Waals surface area (Å²) >= 11 is 5.89. The number of nitrogens with one attached hydrogen (secondary N) is 1. The number of para-hydroxylation sites is 1. The van der Waals surface area contributed by atoms with E-state index in [-0.39, 0.29) is 17.1 Å². The molecule has 0 aliphatic heterocycles. The Bertz CT molecular complexity index is 1350. The predicted octanol–water partition coefficient (Wildman–Crippen LogP) is 5.46. The lowest BCUT2D eigenvalue weighted by molar-refractivity contribution is 0.101. The molecular weight excluding hydrogens is 462 g/mol. The molecule has 0 fully saturated rings. The fourth-order valence-corrected chi connectivity index (χ4v) is 4.85. The quantitative estimate of drug-likeness (QED) is 0.378. The molecule has 0 radical (unpaired) electrons. The summed E-state index contributed by atoms with van der Waals surface area (Å²) in [5.41, 5.74) is 1.84. The monoisotopic (exact) mass is 481 g/mol. The molecule has 0 unspecified atom stereocenters. The number of hydrogen-bond donors (Lipinski definition) is 1. The number of carbonyl (C=O) groups is 1. The molecule has 0 bridgehead atoms. The van der Waals surface area contributed by atoms with Crippen molar-refractivity contribution in [3.63, 3.8) is 0 Å². The third kappa shape index (κ3) is 4.92. The summed E-state index contributed by atoms with van der Waals surface area (Å²) in [4.78, 5) is 12.7. The highest BCUT2D eigenvalue weighted by atomic mass is 35.5. The summed E-state index contributed by atoms with van der Waals surface area (Å²) in [5, 5.41) is 7.10. The van der Waals surface area contributed by atoms with E-state index < -0.39 is 15.9 Å². The van der Waals surface area contributed by atoms with Crippen LogP contribution >= 0.6 is 11.6 Å². The number of benzene rings is 3. The Morgan fingerprint density at radius 2 is 1.67 bits per heavy atom. The van der Waals surface area contributed by atoms with Crippen LogP contribution in [0.4, 0.5) is 11.4 Å². The maximum atomic E-state index is 13.1. The van der Waals surface area contributed by atoms with Gasteiger partial charge >= 0.3 is 0 Å². The number of aromatic nitrogens is 1. The number of rotatable bonds is 7. The van der Waals surface area contributed by atoms with Crippen LogP contribution in [0, 0.1) is 0 Å². The molecule has 1 heterocycles. The van der Waals surface area contributed by atoms with E-state index in [1.165, 1.54) is 34.6 Å². The minimum Gasteiger partial charge on any atom is -0.355 e. The summed E-state index contributed by atoms with van der Waals surface area (Å²) < 4.78 is 32.8. The second kappa shape index (κ2) is 9.48. The van der Waals surface area contributed by atoms with E-state index in [9.17, 15) is 13.2 Å². The van der Waals surface area contributed by atoms with E-state index in [0.29, 0.717) is 22.2 Å². The first kappa shape index (κ1) is 22.6. The number of hydrogen-bond acceptors (Lipinski definition) is 5. The Morgan fingerprint density at radius 1 is 1.00 bits per heavy atom. The highest BCUT2D eigenvalue weighted by Crippen LogP contribution is 2.25. The van der Waals surface area contributed by atoms with Crippen LogP contribution < -0.4 is 9.62 Å². The lowest BCUT2D eigenvalue weighted by atomic mass is 10.1. The number of nitrogens with zero attached hydrogens (tertiary/aromatic N) is 2. The molecule has 0 aliphatic rings. The van der Waals surface area contributed by atoms with Crippen LogP contribution in [0.2, 0.25) is 5.02 Å². The van der Waals surface area contributed by atoms with Gasteiger partial charge in [-0.25, -0.2) is 8.42 Å². The van der Waals surface area contributed by atoms with E-state index in [1.807, 2.05) is 6.07 Å². The first-order chi connectivity index (χ1) is 15.9. The highest BCUT2D eigenvalue weighted by molar-refractivity contribution is 7.92. The summed E-state index contributed by atoms with van der Waals surface area (Å²) in [7, 11) is -3.75. The number of carbonyl (C=O) groups excluding carboxylic acids is 1. The van der Waals surface area contributed by atoms with Crippen molar-refractivity contribution in [2.75, 3.05) is 16.2 Å². The van der Waals surface area contributed by atoms with Gasteiger partial charge in [0.25, 0.3) is 15.9 Å². The molecule has 0 aliphatic carbocycles. The third-order valence-electron chi connectivity index (χ3n) is 4.90. The molecule has 4 aromatic rings. The average Bonchev–Trinajstić information content (AvgIpc) is 3.31. The van der Waals surface area contributed by atoms with Crippen LogP contribution in [0.25, 0.3) is 11.3 Å². The third-order valence-corrected chi connectivity index (χ3v) is 7.07. The van der Waals surface area contributed by atoms with Gasteiger partial charge in [0.05, 0.1) is 10.6 Å². The maximum Gasteiger partial charge on any atom is 0.277 e. The van der Waals surface area contributed by atoms with E-state index in [1.54, 1.807) is 55.5 Å². The molecule has 1 amide bonds. The van der Waals surface area contributed by atoms with Gasteiger partial charge in [-0.15, -0.1) is 0 Å². The summed E-state index contributed by atoms with van der Waals surface area (Å²) in [6.45, 7) is 2.06. The minimum atomic E-state index is -3.75. The number of sulfonamides is 1. The zero-order valence-corrected chi connectivity index (χ0v) is 19.2. The van der Waals surface area contributed by atoms with Crippen molar-refractivity contribution in [1.29, 1.82) is 0 Å². The number of anilines is 2. The molecule has 168 valence electrons. The second-order valence-electron chi connectivity index (χ2n) is 7.07. The Kier molecular flexibility index (Phi) is 6.48. The molecule has 1 aromatic heterocycles. The van der Waals surface area contributed by atoms with Gasteiger partial charge in [-0.1, -0.05) is 35.0 Å². The topological polar surface area (TPSA) is 92.5 Å². The second-order valence-corrected chi connectivity index (χ2v) is 9.37. The highest BCUT2D eigenvalue weighted by Gasteiger charge is 2.23. The first-order valence-corrected chi connectivity index (χ1v) is 11.9. The van der Waals surface area contributed by atoms with Gasteiger partial charge in [0.2, 0.25) is 0 Å². The zero-order valence-electron chi connectivity index (χ0n) is 17.6. The van der Waals surface area contributed by atoms with Gasteiger partial charge in [-0.05, 0) is 67.6 Å². The number of amides is 1. The Morgan fingerprint density at radius 3 is 2.30 bits per heavy atom. The van der Waals surface area contributed by atoms with Crippen LogP contribution in [-0.4, -0.2) is 26.0 Å². The molecule has 3 aromatic carbocycles. The van der Waals surface area contributed by atoms with E-state index in [0.717, 1.165) is 5.56 Å². The van der Waals surface area contributed by atoms with Crippen molar-refractivity contribution >= 4 is 38.9 Å². The zero-order chi connectivity index (χ0) is 23.4. The normalized spacial score (nSPS) is 11.2. The van der Waals surface area contributed by atoms with Crippen molar-refractivity contribution in [3.8, 4) is 11.3 Å². The van der Waals surface area contributed by atoms with E-state index in [2.05, 4.69) is 10.5 Å². The largest absolute Gasteiger partial charge is 0.355 e. The predicted molar refractivity (Wildman–Crippen MR) is 128 cm³/mol. The molecule has 7 nitrogen and oxygen atoms in total. The SMILES string of the molecule is CCN(c1ccccc1)S(=O)(=O)c1ccc(NC(=O)c2cc(-c3ccc(Cl)cc3)on2)cc1. The van der Waals surface area contributed by atoms with Crippen LogP contribution in [0.5, 0.6) is 0 Å². The molecule has 4 rings (SSSR count). The van der Waals surface area contributed by atoms with Crippen LogP contribution in [-0.2, 0) is 10.0 Å². The molecule has 0 spiro atoms. The minimum absolute atomic E-state index is 0.0953. The fraction of sp³-hybridized carbons (Fsp3) is 0.0833. The first-order valence-electron chi connectivity index (χ1n) is 10.1. The lowest BCUT2D eigenvalue weighted by Crippen LogP contribution is -2.30. The summed E-state index contributed by atoms with van der Waals surface area (Å²) in [6, 6.07) is 23.3. The van der Waals surface area contributed by atoms with E-state index >= 15 is 0 Å². The molecule has 0 saturated carbocycles. The van der Waals surface area contributed by atoms with Crippen LogP contribution in [0.1, 0.15) is 17.4 Å². The Hall–Kier alpha value is -3.62. The van der Waals surface area contributed by atoms with Gasteiger partial charge in [-0.2, -0.15) is 0 Å². The van der Waals surface area contributed by atoms with Gasteiger partial charge < -0.3 is 9.84 Å². The van der Waals surface area contributed by atoms with Gasteiger partial charge in [-0.3, -0.25) is 9.10 Å². The molecular formula is C24H20ClN3O4S. The summed E-state index contributed by atoms with van der Waals surface area (Å²) in [5.74, 6) is -0.0483. The lowest BCUT2D eigenvalue weighted by Gasteiger charge is -2.23. The Labute approximate surface area is 196 Å². The standard InChI is InChI=1S/C24H20ClN3O4S/c1-2-28(20-6-4-3-5-7-20)33(30,31)21-14-12-19(13-15-21)26-24(29)22-16-23(32-27-22)17-8-10-18(25)11-9-17/h3-16H,2H2,1H3,(H,26,29). The molecule has 0 atom stereocenters. The fourth-order valence-electron chi connectivity index (χ4n) is 3.25.